The van der Waals surface area contributed by atoms with Crippen molar-refractivity contribution in [2.75, 3.05) is 13.1 Å². The highest BCUT2D eigenvalue weighted by molar-refractivity contribution is 5.22. The zero-order valence-electron chi connectivity index (χ0n) is 12.2. The smallest absolute Gasteiger partial charge is 0.0234 e. The second-order valence-corrected chi connectivity index (χ2v) is 6.66. The third-order valence-corrected chi connectivity index (χ3v) is 4.27. The Morgan fingerprint density at radius 2 is 2.05 bits per heavy atom. The number of likely N-dealkylation sites (tertiary alicyclic amines) is 1. The number of nitrogens with one attached hydrogen (secondary N) is 1. The summed E-state index contributed by atoms with van der Waals surface area (Å²) in [4.78, 5) is 2.63. The standard InChI is InChI=1S/C17H26N2/c1-13-4-3-5-15(8-13)11-19-10-14(2)9-17(12-19)18-16-6-7-16/h3-5,8,14,16-18H,6-7,9-12H2,1-2H3. The van der Waals surface area contributed by atoms with Crippen LogP contribution in [0.2, 0.25) is 0 Å². The van der Waals surface area contributed by atoms with E-state index < -0.39 is 0 Å². The minimum Gasteiger partial charge on any atom is -0.310 e. The predicted molar refractivity (Wildman–Crippen MR) is 80.2 cm³/mol. The Hall–Kier alpha value is -0.860. The molecule has 2 heteroatoms. The summed E-state index contributed by atoms with van der Waals surface area (Å²) in [5, 5.41) is 3.81. The summed E-state index contributed by atoms with van der Waals surface area (Å²) in [5.74, 6) is 0.815. The maximum absolute atomic E-state index is 3.81. The monoisotopic (exact) mass is 258 g/mol. The number of hydrogen-bond acceptors (Lipinski definition) is 2. The molecular weight excluding hydrogens is 232 g/mol. The highest BCUT2D eigenvalue weighted by atomic mass is 15.2. The van der Waals surface area contributed by atoms with E-state index in [1.165, 1.54) is 43.5 Å². The van der Waals surface area contributed by atoms with Gasteiger partial charge in [-0.2, -0.15) is 0 Å². The molecule has 0 aromatic heterocycles. The van der Waals surface area contributed by atoms with Crippen LogP contribution in [0.1, 0.15) is 37.3 Å². The van der Waals surface area contributed by atoms with Crippen LogP contribution in [-0.4, -0.2) is 30.1 Å². The molecule has 1 saturated heterocycles. The van der Waals surface area contributed by atoms with E-state index in [2.05, 4.69) is 48.3 Å². The molecule has 1 aromatic rings. The van der Waals surface area contributed by atoms with Crippen molar-refractivity contribution in [1.82, 2.24) is 10.2 Å². The second-order valence-electron chi connectivity index (χ2n) is 6.66. The Morgan fingerprint density at radius 3 is 2.79 bits per heavy atom. The van der Waals surface area contributed by atoms with Crippen molar-refractivity contribution in [3.8, 4) is 0 Å². The number of benzene rings is 1. The maximum atomic E-state index is 3.81. The predicted octanol–water partition coefficient (Wildman–Crippen LogP) is 2.96. The van der Waals surface area contributed by atoms with Crippen LogP contribution in [0.3, 0.4) is 0 Å². The highest BCUT2D eigenvalue weighted by Crippen LogP contribution is 2.24. The van der Waals surface area contributed by atoms with Crippen molar-refractivity contribution in [3.63, 3.8) is 0 Å². The fraction of sp³-hybridized carbons (Fsp3) is 0.647. The minimum atomic E-state index is 0.709. The van der Waals surface area contributed by atoms with Gasteiger partial charge in [0.15, 0.2) is 0 Å². The molecule has 2 fully saturated rings. The van der Waals surface area contributed by atoms with E-state index in [9.17, 15) is 0 Å². The van der Waals surface area contributed by atoms with Crippen LogP contribution in [0, 0.1) is 12.8 Å². The van der Waals surface area contributed by atoms with E-state index in [1.54, 1.807) is 0 Å². The summed E-state index contributed by atoms with van der Waals surface area (Å²) in [7, 11) is 0. The Balaban J connectivity index is 1.59. The van der Waals surface area contributed by atoms with Crippen LogP contribution in [0.5, 0.6) is 0 Å². The molecule has 3 rings (SSSR count). The van der Waals surface area contributed by atoms with Crippen LogP contribution in [0.4, 0.5) is 0 Å². The van der Waals surface area contributed by atoms with Crippen molar-refractivity contribution in [2.24, 2.45) is 5.92 Å². The quantitative estimate of drug-likeness (QED) is 0.893. The Bertz CT molecular complexity index is 423. The molecule has 0 radical (unpaired) electrons. The normalized spacial score (nSPS) is 28.5. The Labute approximate surface area is 117 Å². The molecular formula is C17H26N2. The van der Waals surface area contributed by atoms with Crippen LogP contribution in [-0.2, 0) is 6.54 Å². The molecule has 2 atom stereocenters. The molecule has 1 saturated carbocycles. The van der Waals surface area contributed by atoms with E-state index in [0.717, 1.165) is 18.5 Å². The van der Waals surface area contributed by atoms with Gasteiger partial charge in [-0.3, -0.25) is 4.90 Å². The zero-order valence-corrected chi connectivity index (χ0v) is 12.2. The lowest BCUT2D eigenvalue weighted by atomic mass is 9.95. The molecule has 2 aliphatic rings. The lowest BCUT2D eigenvalue weighted by Gasteiger charge is -2.37. The summed E-state index contributed by atoms with van der Waals surface area (Å²) in [6.45, 7) is 8.14. The van der Waals surface area contributed by atoms with Gasteiger partial charge in [0.2, 0.25) is 0 Å². The van der Waals surface area contributed by atoms with Crippen molar-refractivity contribution < 1.29 is 0 Å². The van der Waals surface area contributed by atoms with Crippen LogP contribution in [0.25, 0.3) is 0 Å². The number of rotatable bonds is 4. The van der Waals surface area contributed by atoms with Crippen molar-refractivity contribution in [1.29, 1.82) is 0 Å². The summed E-state index contributed by atoms with van der Waals surface area (Å²) in [6.07, 6.45) is 4.13. The molecule has 2 nitrogen and oxygen atoms in total. The van der Waals surface area contributed by atoms with Crippen LogP contribution in [0.15, 0.2) is 24.3 Å². The van der Waals surface area contributed by atoms with Gasteiger partial charge < -0.3 is 5.32 Å². The summed E-state index contributed by atoms with van der Waals surface area (Å²) >= 11 is 0. The van der Waals surface area contributed by atoms with Gasteiger partial charge in [0.1, 0.15) is 0 Å². The fourth-order valence-corrected chi connectivity index (χ4v) is 3.36. The summed E-state index contributed by atoms with van der Waals surface area (Å²) in [6, 6.07) is 10.5. The third-order valence-electron chi connectivity index (χ3n) is 4.27. The second kappa shape index (κ2) is 5.64. The molecule has 2 unspecified atom stereocenters. The lowest BCUT2D eigenvalue weighted by molar-refractivity contribution is 0.141. The first-order valence-corrected chi connectivity index (χ1v) is 7.73. The molecule has 19 heavy (non-hydrogen) atoms. The van der Waals surface area contributed by atoms with E-state index in [4.69, 9.17) is 0 Å². The maximum Gasteiger partial charge on any atom is 0.0234 e. The van der Waals surface area contributed by atoms with Gasteiger partial charge in [0.05, 0.1) is 0 Å². The SMILES string of the molecule is Cc1cccc(CN2CC(C)CC(NC3CC3)C2)c1. The molecule has 1 aliphatic carbocycles. The van der Waals surface area contributed by atoms with Gasteiger partial charge in [-0.05, 0) is 37.7 Å². The largest absolute Gasteiger partial charge is 0.310 e. The van der Waals surface area contributed by atoms with Gasteiger partial charge in [-0.15, -0.1) is 0 Å². The fourth-order valence-electron chi connectivity index (χ4n) is 3.36. The molecule has 104 valence electrons. The summed E-state index contributed by atoms with van der Waals surface area (Å²) in [5.41, 5.74) is 2.83. The Kier molecular flexibility index (Phi) is 3.90. The van der Waals surface area contributed by atoms with Crippen molar-refractivity contribution in [2.45, 2.75) is 51.7 Å². The Morgan fingerprint density at radius 1 is 1.21 bits per heavy atom. The van der Waals surface area contributed by atoms with Gasteiger partial charge in [-0.25, -0.2) is 0 Å². The average Bonchev–Trinajstić information content (AvgIpc) is 3.12. The average molecular weight is 258 g/mol. The molecule has 0 spiro atoms. The zero-order chi connectivity index (χ0) is 13.2. The number of piperidine rings is 1. The van der Waals surface area contributed by atoms with Gasteiger partial charge >= 0.3 is 0 Å². The molecule has 1 aromatic carbocycles. The van der Waals surface area contributed by atoms with Gasteiger partial charge in [0, 0.05) is 31.7 Å². The number of aryl methyl sites for hydroxylation is 1. The lowest BCUT2D eigenvalue weighted by Crippen LogP contribution is -2.48. The molecule has 1 heterocycles. The molecule has 0 bridgehead atoms. The van der Waals surface area contributed by atoms with Crippen molar-refractivity contribution in [3.05, 3.63) is 35.4 Å². The first-order valence-electron chi connectivity index (χ1n) is 7.73. The third kappa shape index (κ3) is 3.80. The first kappa shape index (κ1) is 13.1. The first-order chi connectivity index (χ1) is 9.19. The number of hydrogen-bond donors (Lipinski definition) is 1. The molecule has 1 aliphatic heterocycles. The summed E-state index contributed by atoms with van der Waals surface area (Å²) < 4.78 is 0. The highest BCUT2D eigenvalue weighted by Gasteiger charge is 2.29. The molecule has 1 N–H and O–H groups in total. The van der Waals surface area contributed by atoms with Gasteiger partial charge in [-0.1, -0.05) is 36.8 Å². The van der Waals surface area contributed by atoms with Crippen LogP contribution < -0.4 is 5.32 Å². The molecule has 0 amide bonds. The minimum absolute atomic E-state index is 0.709. The number of nitrogens with zero attached hydrogens (tertiary/aromatic N) is 1. The van der Waals surface area contributed by atoms with E-state index in [-0.39, 0.29) is 0 Å². The van der Waals surface area contributed by atoms with Crippen molar-refractivity contribution >= 4 is 0 Å². The van der Waals surface area contributed by atoms with Crippen LogP contribution >= 0.6 is 0 Å². The van der Waals surface area contributed by atoms with E-state index in [1.807, 2.05) is 0 Å². The van der Waals surface area contributed by atoms with E-state index >= 15 is 0 Å². The van der Waals surface area contributed by atoms with E-state index in [0.29, 0.717) is 6.04 Å². The topological polar surface area (TPSA) is 15.3 Å². The van der Waals surface area contributed by atoms with Gasteiger partial charge in [0.25, 0.3) is 0 Å².